The Morgan fingerprint density at radius 1 is 1.38 bits per heavy atom. The van der Waals surface area contributed by atoms with E-state index >= 15 is 0 Å². The summed E-state index contributed by atoms with van der Waals surface area (Å²) in [4.78, 5) is 36.9. The summed E-state index contributed by atoms with van der Waals surface area (Å²) in [6, 6.07) is 8.43. The zero-order chi connectivity index (χ0) is 18.7. The molecule has 138 valence electrons. The number of nitrogens with one attached hydrogen (secondary N) is 1. The number of hydrogen-bond acceptors (Lipinski definition) is 6. The van der Waals surface area contributed by atoms with Gasteiger partial charge in [0, 0.05) is 13.5 Å². The van der Waals surface area contributed by atoms with E-state index in [9.17, 15) is 18.8 Å². The van der Waals surface area contributed by atoms with Crippen molar-refractivity contribution in [2.45, 2.75) is 24.9 Å². The van der Waals surface area contributed by atoms with Crippen molar-refractivity contribution in [3.63, 3.8) is 0 Å². The summed E-state index contributed by atoms with van der Waals surface area (Å²) < 4.78 is 30.7. The molecule has 8 nitrogen and oxygen atoms in total. The molecule has 1 aliphatic heterocycles. The smallest absolute Gasteiger partial charge is 0.338 e. The normalized spacial score (nSPS) is 22.3. The number of aromatic nitrogens is 2. The predicted octanol–water partition coefficient (Wildman–Crippen LogP) is 1.18. The standard InChI is InChI=1S/C17H17FN2O6/c1-24-17(10-25-15(22)11-5-3-2-4-6-11)8-7-13(26-17)20-9-12(18)14(21)19-16(20)23/h2-6,9,13H,7-8,10H2,1H3,(H,19,21,23)/t13-,17+/m1/s1. The number of ether oxygens (including phenoxy) is 3. The SMILES string of the molecule is CO[C@@]1(COC(=O)c2ccccc2)CC[C@H](n2cc(F)c(=O)[nH]c2=O)O1. The number of nitrogens with zero attached hydrogens (tertiary/aromatic N) is 1. The second-order valence-corrected chi connectivity index (χ2v) is 5.81. The lowest BCUT2D eigenvalue weighted by atomic mass is 10.2. The highest BCUT2D eigenvalue weighted by atomic mass is 19.1. The van der Waals surface area contributed by atoms with Crippen molar-refractivity contribution >= 4 is 5.97 Å². The average Bonchev–Trinajstić information content (AvgIpc) is 3.08. The van der Waals surface area contributed by atoms with Crippen LogP contribution in [-0.4, -0.2) is 35.0 Å². The minimum absolute atomic E-state index is 0.200. The number of hydrogen-bond donors (Lipinski definition) is 1. The van der Waals surface area contributed by atoms with Crippen molar-refractivity contribution in [2.24, 2.45) is 0 Å². The fourth-order valence-electron chi connectivity index (χ4n) is 2.73. The van der Waals surface area contributed by atoms with Crippen molar-refractivity contribution in [1.29, 1.82) is 0 Å². The van der Waals surface area contributed by atoms with E-state index < -0.39 is 35.1 Å². The van der Waals surface area contributed by atoms with E-state index in [1.165, 1.54) is 7.11 Å². The molecule has 0 saturated carbocycles. The summed E-state index contributed by atoms with van der Waals surface area (Å²) in [5.41, 5.74) is -1.51. The summed E-state index contributed by atoms with van der Waals surface area (Å²) in [6.45, 7) is -0.200. The number of esters is 1. The van der Waals surface area contributed by atoms with Gasteiger partial charge in [0.2, 0.25) is 11.6 Å². The quantitative estimate of drug-likeness (QED) is 0.800. The van der Waals surface area contributed by atoms with Crippen LogP contribution in [0.1, 0.15) is 29.4 Å². The number of benzene rings is 1. The van der Waals surface area contributed by atoms with E-state index in [1.807, 2.05) is 4.98 Å². The maximum absolute atomic E-state index is 13.5. The molecule has 9 heteroatoms. The van der Waals surface area contributed by atoms with E-state index in [1.54, 1.807) is 30.3 Å². The third-order valence-corrected chi connectivity index (χ3v) is 4.16. The maximum Gasteiger partial charge on any atom is 0.338 e. The summed E-state index contributed by atoms with van der Waals surface area (Å²) in [5, 5.41) is 0. The van der Waals surface area contributed by atoms with Crippen LogP contribution in [-0.2, 0) is 14.2 Å². The molecule has 0 unspecified atom stereocenters. The maximum atomic E-state index is 13.5. The molecule has 3 rings (SSSR count). The topological polar surface area (TPSA) is 99.6 Å². The summed E-state index contributed by atoms with van der Waals surface area (Å²) in [5.74, 6) is -2.90. The Kier molecular flexibility index (Phi) is 5.01. The molecule has 0 amide bonds. The van der Waals surface area contributed by atoms with Gasteiger partial charge in [-0.15, -0.1) is 0 Å². The molecule has 1 aliphatic rings. The summed E-state index contributed by atoms with van der Waals surface area (Å²) >= 11 is 0. The Hall–Kier alpha value is -2.78. The molecule has 2 heterocycles. The molecular weight excluding hydrogens is 347 g/mol. The molecule has 1 aromatic carbocycles. The van der Waals surface area contributed by atoms with E-state index in [4.69, 9.17) is 14.2 Å². The number of rotatable bonds is 5. The highest BCUT2D eigenvalue weighted by Gasteiger charge is 2.43. The first kappa shape index (κ1) is 18.0. The monoisotopic (exact) mass is 364 g/mol. The number of aromatic amines is 1. The van der Waals surface area contributed by atoms with Gasteiger partial charge < -0.3 is 14.2 Å². The van der Waals surface area contributed by atoms with Gasteiger partial charge in [-0.3, -0.25) is 14.3 Å². The molecular formula is C17H17FN2O6. The number of carbonyl (C=O) groups excluding carboxylic acids is 1. The third-order valence-electron chi connectivity index (χ3n) is 4.16. The van der Waals surface area contributed by atoms with Gasteiger partial charge in [-0.25, -0.2) is 9.59 Å². The van der Waals surface area contributed by atoms with Gasteiger partial charge in [0.25, 0.3) is 5.56 Å². The van der Waals surface area contributed by atoms with Crippen molar-refractivity contribution < 1.29 is 23.4 Å². The number of H-pyrrole nitrogens is 1. The molecule has 1 fully saturated rings. The van der Waals surface area contributed by atoms with E-state index in [-0.39, 0.29) is 6.61 Å². The Labute approximate surface area is 147 Å². The van der Waals surface area contributed by atoms with Crippen molar-refractivity contribution in [3.05, 3.63) is 68.7 Å². The van der Waals surface area contributed by atoms with Gasteiger partial charge in [-0.05, 0) is 18.6 Å². The Morgan fingerprint density at radius 3 is 2.81 bits per heavy atom. The second-order valence-electron chi connectivity index (χ2n) is 5.81. The predicted molar refractivity (Wildman–Crippen MR) is 87.1 cm³/mol. The van der Waals surface area contributed by atoms with Gasteiger partial charge in [0.05, 0.1) is 11.8 Å². The zero-order valence-corrected chi connectivity index (χ0v) is 13.9. The van der Waals surface area contributed by atoms with Gasteiger partial charge in [-0.1, -0.05) is 18.2 Å². The van der Waals surface area contributed by atoms with Crippen LogP contribution in [0, 0.1) is 5.82 Å². The lowest BCUT2D eigenvalue weighted by Crippen LogP contribution is -2.39. The van der Waals surface area contributed by atoms with Gasteiger partial charge >= 0.3 is 11.7 Å². The van der Waals surface area contributed by atoms with Crippen LogP contribution in [0.2, 0.25) is 0 Å². The van der Waals surface area contributed by atoms with E-state index in [0.29, 0.717) is 18.4 Å². The first-order chi connectivity index (χ1) is 12.4. The van der Waals surface area contributed by atoms with Crippen molar-refractivity contribution in [2.75, 3.05) is 13.7 Å². The molecule has 0 aliphatic carbocycles. The molecule has 2 aromatic rings. The first-order valence-corrected chi connectivity index (χ1v) is 7.90. The van der Waals surface area contributed by atoms with Gasteiger partial charge in [0.15, 0.2) is 0 Å². The zero-order valence-electron chi connectivity index (χ0n) is 13.9. The Morgan fingerprint density at radius 2 is 2.12 bits per heavy atom. The van der Waals surface area contributed by atoms with Crippen LogP contribution in [0.25, 0.3) is 0 Å². The third kappa shape index (κ3) is 3.58. The number of halogens is 1. The Bertz CT molecular complexity index is 909. The molecule has 0 bridgehead atoms. The highest BCUT2D eigenvalue weighted by molar-refractivity contribution is 5.89. The van der Waals surface area contributed by atoms with E-state index in [2.05, 4.69) is 0 Å². The second kappa shape index (κ2) is 7.22. The van der Waals surface area contributed by atoms with Gasteiger partial charge in [-0.2, -0.15) is 4.39 Å². The summed E-state index contributed by atoms with van der Waals surface area (Å²) in [7, 11) is 1.38. The van der Waals surface area contributed by atoms with Gasteiger partial charge in [0.1, 0.15) is 12.8 Å². The fourth-order valence-corrected chi connectivity index (χ4v) is 2.73. The van der Waals surface area contributed by atoms with Crippen LogP contribution in [0.15, 0.2) is 46.1 Å². The molecule has 0 spiro atoms. The minimum Gasteiger partial charge on any atom is -0.456 e. The average molecular weight is 364 g/mol. The van der Waals surface area contributed by atoms with Crippen LogP contribution < -0.4 is 11.2 Å². The summed E-state index contributed by atoms with van der Waals surface area (Å²) in [6.07, 6.45) is 0.545. The molecule has 1 saturated heterocycles. The van der Waals surface area contributed by atoms with Crippen molar-refractivity contribution in [3.8, 4) is 0 Å². The highest BCUT2D eigenvalue weighted by Crippen LogP contribution is 2.36. The minimum atomic E-state index is -1.26. The fraction of sp³-hybridized carbons (Fsp3) is 0.353. The van der Waals surface area contributed by atoms with Crippen LogP contribution in [0.3, 0.4) is 0 Å². The van der Waals surface area contributed by atoms with Crippen molar-refractivity contribution in [1.82, 2.24) is 9.55 Å². The number of methoxy groups -OCH3 is 1. The number of carbonyl (C=O) groups is 1. The molecule has 0 radical (unpaired) electrons. The van der Waals surface area contributed by atoms with Crippen LogP contribution in [0.5, 0.6) is 0 Å². The Balaban J connectivity index is 1.72. The molecule has 2 atom stereocenters. The van der Waals surface area contributed by atoms with Crippen LogP contribution >= 0.6 is 0 Å². The van der Waals surface area contributed by atoms with Crippen LogP contribution in [0.4, 0.5) is 4.39 Å². The lowest BCUT2D eigenvalue weighted by Gasteiger charge is -2.27. The molecule has 1 aromatic heterocycles. The molecule has 26 heavy (non-hydrogen) atoms. The molecule has 1 N–H and O–H groups in total. The first-order valence-electron chi connectivity index (χ1n) is 7.90. The lowest BCUT2D eigenvalue weighted by molar-refractivity contribution is -0.242. The van der Waals surface area contributed by atoms with E-state index in [0.717, 1.165) is 10.8 Å². The largest absolute Gasteiger partial charge is 0.456 e.